The van der Waals surface area contributed by atoms with E-state index in [4.69, 9.17) is 9.47 Å². The highest BCUT2D eigenvalue weighted by atomic mass is 16.7. The Morgan fingerprint density at radius 1 is 1.15 bits per heavy atom. The number of nitrogens with zero attached hydrogens (tertiary/aromatic N) is 3. The predicted octanol–water partition coefficient (Wildman–Crippen LogP) is 0.219. The topological polar surface area (TPSA) is 131 Å². The lowest BCUT2D eigenvalue weighted by Crippen LogP contribution is -2.23. The third kappa shape index (κ3) is 3.27. The SMILES string of the molecule is COC(=O)c1nnn(CC(=O)Nc2ccc3c(c2)OCO3)c1C(=O)OC. The zero-order valence-electron chi connectivity index (χ0n) is 13.8. The summed E-state index contributed by atoms with van der Waals surface area (Å²) < 4.78 is 20.5. The van der Waals surface area contributed by atoms with Crippen LogP contribution in [0.1, 0.15) is 21.0 Å². The van der Waals surface area contributed by atoms with Crippen molar-refractivity contribution in [3.05, 3.63) is 29.6 Å². The quantitative estimate of drug-likeness (QED) is 0.742. The number of methoxy groups -OCH3 is 2. The van der Waals surface area contributed by atoms with Gasteiger partial charge < -0.3 is 24.3 Å². The molecule has 1 aliphatic rings. The van der Waals surface area contributed by atoms with Crippen molar-refractivity contribution in [3.63, 3.8) is 0 Å². The second-order valence-corrected chi connectivity index (χ2v) is 5.04. The molecule has 1 amide bonds. The number of benzene rings is 1. The molecule has 3 rings (SSSR count). The van der Waals surface area contributed by atoms with Crippen LogP contribution < -0.4 is 14.8 Å². The average Bonchev–Trinajstić information content (AvgIpc) is 3.26. The summed E-state index contributed by atoms with van der Waals surface area (Å²) in [6, 6.07) is 4.89. The van der Waals surface area contributed by atoms with E-state index in [2.05, 4.69) is 25.1 Å². The minimum absolute atomic E-state index is 0.116. The van der Waals surface area contributed by atoms with Gasteiger partial charge in [0.15, 0.2) is 17.2 Å². The van der Waals surface area contributed by atoms with Gasteiger partial charge in [0.25, 0.3) is 0 Å². The van der Waals surface area contributed by atoms with Crippen LogP contribution >= 0.6 is 0 Å². The Balaban J connectivity index is 1.77. The Labute approximate surface area is 146 Å². The molecule has 0 radical (unpaired) electrons. The molecule has 2 heterocycles. The van der Waals surface area contributed by atoms with E-state index in [0.29, 0.717) is 17.2 Å². The Bertz CT molecular complexity index is 877. The zero-order chi connectivity index (χ0) is 18.7. The monoisotopic (exact) mass is 362 g/mol. The van der Waals surface area contributed by atoms with Gasteiger partial charge in [-0.3, -0.25) is 4.79 Å². The van der Waals surface area contributed by atoms with Gasteiger partial charge in [-0.05, 0) is 12.1 Å². The highest BCUT2D eigenvalue weighted by molar-refractivity contribution is 6.01. The Hall–Kier alpha value is -3.63. The normalized spacial score (nSPS) is 11.8. The van der Waals surface area contributed by atoms with Gasteiger partial charge in [-0.1, -0.05) is 5.21 Å². The number of esters is 2. The summed E-state index contributed by atoms with van der Waals surface area (Å²) in [6.07, 6.45) is 0. The number of aromatic nitrogens is 3. The lowest BCUT2D eigenvalue weighted by Gasteiger charge is -2.08. The van der Waals surface area contributed by atoms with E-state index >= 15 is 0 Å². The van der Waals surface area contributed by atoms with Crippen LogP contribution in [0.5, 0.6) is 11.5 Å². The molecule has 0 saturated heterocycles. The maximum Gasteiger partial charge on any atom is 0.361 e. The standard InChI is InChI=1S/C15H14N4O7/c1-23-14(21)12-13(15(22)24-2)19(18-17-12)6-11(20)16-8-3-4-9-10(5-8)26-7-25-9/h3-5H,6-7H2,1-2H3,(H,16,20). The molecule has 0 aliphatic carbocycles. The molecule has 1 aromatic carbocycles. The number of carbonyl (C=O) groups is 3. The Morgan fingerprint density at radius 3 is 2.62 bits per heavy atom. The number of ether oxygens (including phenoxy) is 4. The molecule has 0 fully saturated rings. The van der Waals surface area contributed by atoms with Crippen molar-refractivity contribution < 1.29 is 33.3 Å². The van der Waals surface area contributed by atoms with Crippen LogP contribution in [0, 0.1) is 0 Å². The van der Waals surface area contributed by atoms with Crippen LogP contribution in [-0.4, -0.2) is 53.9 Å². The number of carbonyl (C=O) groups excluding carboxylic acids is 3. The molecule has 136 valence electrons. The Kier molecular flexibility index (Phi) is 4.69. The second-order valence-electron chi connectivity index (χ2n) is 5.04. The van der Waals surface area contributed by atoms with Crippen molar-refractivity contribution in [2.45, 2.75) is 6.54 Å². The Morgan fingerprint density at radius 2 is 1.88 bits per heavy atom. The maximum absolute atomic E-state index is 12.3. The molecule has 1 aromatic heterocycles. The smallest absolute Gasteiger partial charge is 0.361 e. The molecule has 0 saturated carbocycles. The van der Waals surface area contributed by atoms with Gasteiger partial charge in [0, 0.05) is 11.8 Å². The third-order valence-corrected chi connectivity index (χ3v) is 3.44. The van der Waals surface area contributed by atoms with E-state index in [1.165, 1.54) is 0 Å². The molecule has 26 heavy (non-hydrogen) atoms. The second kappa shape index (κ2) is 7.09. The van der Waals surface area contributed by atoms with Crippen molar-refractivity contribution in [1.29, 1.82) is 0 Å². The number of nitrogens with one attached hydrogen (secondary N) is 1. The molecular weight excluding hydrogens is 348 g/mol. The van der Waals surface area contributed by atoms with E-state index in [1.807, 2.05) is 0 Å². The minimum atomic E-state index is -0.869. The largest absolute Gasteiger partial charge is 0.464 e. The van der Waals surface area contributed by atoms with E-state index in [9.17, 15) is 14.4 Å². The van der Waals surface area contributed by atoms with E-state index in [1.54, 1.807) is 18.2 Å². The van der Waals surface area contributed by atoms with E-state index in [0.717, 1.165) is 18.9 Å². The summed E-state index contributed by atoms with van der Waals surface area (Å²) in [6.45, 7) is -0.257. The fraction of sp³-hybridized carbons (Fsp3) is 0.267. The summed E-state index contributed by atoms with van der Waals surface area (Å²) >= 11 is 0. The lowest BCUT2D eigenvalue weighted by molar-refractivity contribution is -0.116. The first-order chi connectivity index (χ1) is 12.5. The first-order valence-electron chi connectivity index (χ1n) is 7.33. The first-order valence-corrected chi connectivity index (χ1v) is 7.33. The van der Waals surface area contributed by atoms with Gasteiger partial charge in [-0.25, -0.2) is 14.3 Å². The molecule has 1 N–H and O–H groups in total. The molecular formula is C15H14N4O7. The minimum Gasteiger partial charge on any atom is -0.464 e. The highest BCUT2D eigenvalue weighted by Crippen LogP contribution is 2.34. The molecule has 2 aromatic rings. The molecule has 0 spiro atoms. The van der Waals surface area contributed by atoms with Crippen LogP contribution in [0.25, 0.3) is 0 Å². The van der Waals surface area contributed by atoms with Gasteiger partial charge in [0.05, 0.1) is 14.2 Å². The van der Waals surface area contributed by atoms with Gasteiger partial charge in [-0.2, -0.15) is 0 Å². The number of hydrogen-bond acceptors (Lipinski definition) is 9. The van der Waals surface area contributed by atoms with Crippen LogP contribution in [0.3, 0.4) is 0 Å². The van der Waals surface area contributed by atoms with E-state index in [-0.39, 0.29) is 24.7 Å². The lowest BCUT2D eigenvalue weighted by atomic mass is 10.2. The molecule has 0 bridgehead atoms. The molecule has 0 atom stereocenters. The highest BCUT2D eigenvalue weighted by Gasteiger charge is 2.27. The summed E-state index contributed by atoms with van der Waals surface area (Å²) in [5.74, 6) is -1.16. The van der Waals surface area contributed by atoms with Crippen molar-refractivity contribution in [1.82, 2.24) is 15.0 Å². The summed E-state index contributed by atoms with van der Waals surface area (Å²) in [5.41, 5.74) is -0.150. The van der Waals surface area contributed by atoms with Crippen molar-refractivity contribution in [2.75, 3.05) is 26.3 Å². The molecule has 11 heteroatoms. The fourth-order valence-electron chi connectivity index (χ4n) is 2.27. The fourth-order valence-corrected chi connectivity index (χ4v) is 2.27. The summed E-state index contributed by atoms with van der Waals surface area (Å²) in [4.78, 5) is 35.8. The number of amides is 1. The van der Waals surface area contributed by atoms with Crippen molar-refractivity contribution in [3.8, 4) is 11.5 Å². The van der Waals surface area contributed by atoms with Gasteiger partial charge >= 0.3 is 11.9 Å². The van der Waals surface area contributed by atoms with Crippen molar-refractivity contribution in [2.24, 2.45) is 0 Å². The molecule has 11 nitrogen and oxygen atoms in total. The summed E-state index contributed by atoms with van der Waals surface area (Å²) in [5, 5.41) is 9.86. The third-order valence-electron chi connectivity index (χ3n) is 3.44. The van der Waals surface area contributed by atoms with E-state index < -0.39 is 17.8 Å². The number of fused-ring (bicyclic) bond motifs is 1. The number of hydrogen-bond donors (Lipinski definition) is 1. The number of anilines is 1. The van der Waals surface area contributed by atoms with Gasteiger partial charge in [-0.15, -0.1) is 5.10 Å². The van der Waals surface area contributed by atoms with Gasteiger partial charge in [0.1, 0.15) is 6.54 Å². The zero-order valence-corrected chi connectivity index (χ0v) is 13.8. The van der Waals surface area contributed by atoms with Crippen LogP contribution in [0.2, 0.25) is 0 Å². The maximum atomic E-state index is 12.3. The van der Waals surface area contributed by atoms with Crippen LogP contribution in [0.15, 0.2) is 18.2 Å². The molecule has 1 aliphatic heterocycles. The number of rotatable bonds is 5. The molecule has 0 unspecified atom stereocenters. The van der Waals surface area contributed by atoms with Gasteiger partial charge in [0.2, 0.25) is 18.4 Å². The van der Waals surface area contributed by atoms with Crippen LogP contribution in [-0.2, 0) is 20.8 Å². The van der Waals surface area contributed by atoms with Crippen LogP contribution in [0.4, 0.5) is 5.69 Å². The predicted molar refractivity (Wildman–Crippen MR) is 83.9 cm³/mol. The van der Waals surface area contributed by atoms with Crippen molar-refractivity contribution >= 4 is 23.5 Å². The first kappa shape index (κ1) is 17.2. The average molecular weight is 362 g/mol. The summed E-state index contributed by atoms with van der Waals surface area (Å²) in [7, 11) is 2.27.